The maximum absolute atomic E-state index is 13.4. The van der Waals surface area contributed by atoms with Crippen LogP contribution in [0.25, 0.3) is 0 Å². The van der Waals surface area contributed by atoms with Crippen molar-refractivity contribution in [2.45, 2.75) is 91.9 Å². The zero-order valence-corrected chi connectivity index (χ0v) is 20.2. The second-order valence-electron chi connectivity index (χ2n) is 8.88. The van der Waals surface area contributed by atoms with Crippen molar-refractivity contribution in [2.24, 2.45) is 0 Å². The van der Waals surface area contributed by atoms with Crippen LogP contribution in [0.1, 0.15) is 68.9 Å². The lowest BCUT2D eigenvalue weighted by Gasteiger charge is -2.22. The fourth-order valence-corrected chi connectivity index (χ4v) is 8.04. The summed E-state index contributed by atoms with van der Waals surface area (Å²) in [4.78, 5) is 0.687. The Kier molecular flexibility index (Phi) is 7.98. The summed E-state index contributed by atoms with van der Waals surface area (Å²) in [7, 11) is -6.98. The minimum atomic E-state index is -3.49. The Morgan fingerprint density at radius 3 is 1.19 bits per heavy atom. The number of hydrogen-bond donors (Lipinski definition) is 0. The Balaban J connectivity index is 1.87. The van der Waals surface area contributed by atoms with Crippen LogP contribution in [0.2, 0.25) is 0 Å². The van der Waals surface area contributed by atoms with E-state index in [0.717, 1.165) is 43.2 Å². The van der Waals surface area contributed by atoms with E-state index >= 15 is 0 Å². The Labute approximate surface area is 187 Å². The molecule has 1 saturated carbocycles. The van der Waals surface area contributed by atoms with Gasteiger partial charge in [-0.05, 0) is 63.8 Å². The molecule has 170 valence electrons. The van der Waals surface area contributed by atoms with Gasteiger partial charge in [-0.25, -0.2) is 16.8 Å². The molecule has 2 aromatic rings. The molecule has 0 aromatic heterocycles. The van der Waals surface area contributed by atoms with Gasteiger partial charge in [0.25, 0.3) is 0 Å². The van der Waals surface area contributed by atoms with Gasteiger partial charge in [0.1, 0.15) is 0 Å². The molecular weight excluding hydrogens is 428 g/mol. The van der Waals surface area contributed by atoms with Crippen LogP contribution in [0.15, 0.2) is 58.3 Å². The monoisotopic (exact) mass is 462 g/mol. The van der Waals surface area contributed by atoms with E-state index in [1.54, 1.807) is 24.3 Å². The normalized spacial score (nSPS) is 21.9. The third kappa shape index (κ3) is 5.98. The van der Waals surface area contributed by atoms with Gasteiger partial charge >= 0.3 is 0 Å². The first-order valence-electron chi connectivity index (χ1n) is 11.3. The van der Waals surface area contributed by atoms with Gasteiger partial charge < -0.3 is 0 Å². The maximum Gasteiger partial charge on any atom is 0.181 e. The molecule has 3 rings (SSSR count). The number of aryl methyl sites for hydroxylation is 2. The molecule has 1 aliphatic carbocycles. The van der Waals surface area contributed by atoms with Crippen molar-refractivity contribution >= 4 is 19.7 Å². The van der Waals surface area contributed by atoms with Crippen LogP contribution in [0, 0.1) is 13.8 Å². The van der Waals surface area contributed by atoms with Crippen LogP contribution < -0.4 is 0 Å². The van der Waals surface area contributed by atoms with Gasteiger partial charge in [0.15, 0.2) is 19.7 Å². The molecule has 0 N–H and O–H groups in total. The predicted octanol–water partition coefficient (Wildman–Crippen LogP) is 5.81. The highest BCUT2D eigenvalue weighted by Crippen LogP contribution is 2.31. The highest BCUT2D eigenvalue weighted by molar-refractivity contribution is 7.92. The standard InChI is InChI=1S/C25H34O4S2/c1-20-10-14-24(15-11-20)30(26,27)22-8-6-4-3-5-7-9-23(19-18-22)31(28,29)25-16-12-21(2)13-17-25/h10-17,22-23H,3-9,18-19H2,1-2H3/t22-,23+. The molecule has 0 heterocycles. The van der Waals surface area contributed by atoms with E-state index in [2.05, 4.69) is 0 Å². The van der Waals surface area contributed by atoms with Gasteiger partial charge in [-0.1, -0.05) is 67.5 Å². The van der Waals surface area contributed by atoms with Crippen LogP contribution in [-0.4, -0.2) is 27.3 Å². The summed E-state index contributed by atoms with van der Waals surface area (Å²) in [6, 6.07) is 14.0. The van der Waals surface area contributed by atoms with E-state index < -0.39 is 30.2 Å². The second-order valence-corrected chi connectivity index (χ2v) is 13.3. The smallest absolute Gasteiger partial charge is 0.181 e. The fraction of sp³-hybridized carbons (Fsp3) is 0.520. The van der Waals surface area contributed by atoms with Gasteiger partial charge in [-0.2, -0.15) is 0 Å². The summed E-state index contributed by atoms with van der Waals surface area (Å²) in [5, 5.41) is -1.08. The zero-order valence-electron chi connectivity index (χ0n) is 18.6. The van der Waals surface area contributed by atoms with E-state index in [1.807, 2.05) is 38.1 Å². The van der Waals surface area contributed by atoms with Crippen molar-refractivity contribution in [2.75, 3.05) is 0 Å². The predicted molar refractivity (Wildman–Crippen MR) is 126 cm³/mol. The van der Waals surface area contributed by atoms with Gasteiger partial charge in [-0.3, -0.25) is 0 Å². The highest BCUT2D eigenvalue weighted by atomic mass is 32.2. The van der Waals surface area contributed by atoms with Crippen LogP contribution in [0.4, 0.5) is 0 Å². The van der Waals surface area contributed by atoms with E-state index in [9.17, 15) is 16.8 Å². The molecule has 0 saturated heterocycles. The first-order chi connectivity index (χ1) is 14.7. The van der Waals surface area contributed by atoms with Crippen molar-refractivity contribution in [3.8, 4) is 0 Å². The summed E-state index contributed by atoms with van der Waals surface area (Å²) >= 11 is 0. The van der Waals surface area contributed by atoms with Crippen LogP contribution in [0.3, 0.4) is 0 Å². The molecular formula is C25H34O4S2. The number of hydrogen-bond acceptors (Lipinski definition) is 4. The van der Waals surface area contributed by atoms with Crippen LogP contribution in [-0.2, 0) is 19.7 Å². The lowest BCUT2D eigenvalue weighted by atomic mass is 10.1. The summed E-state index contributed by atoms with van der Waals surface area (Å²) in [6.45, 7) is 3.87. The molecule has 1 aliphatic rings. The Bertz CT molecular complexity index is 966. The number of sulfone groups is 2. The average molecular weight is 463 g/mol. The molecule has 1 fully saturated rings. The highest BCUT2D eigenvalue weighted by Gasteiger charge is 2.32. The third-order valence-electron chi connectivity index (χ3n) is 6.44. The van der Waals surface area contributed by atoms with E-state index in [0.29, 0.717) is 35.5 Å². The van der Waals surface area contributed by atoms with Gasteiger partial charge in [0.2, 0.25) is 0 Å². The lowest BCUT2D eigenvalue weighted by molar-refractivity contribution is 0.521. The number of rotatable bonds is 4. The first-order valence-corrected chi connectivity index (χ1v) is 14.4. The molecule has 0 unspecified atom stereocenters. The van der Waals surface area contributed by atoms with Crippen molar-refractivity contribution < 1.29 is 16.8 Å². The van der Waals surface area contributed by atoms with Gasteiger partial charge in [0.05, 0.1) is 20.3 Å². The van der Waals surface area contributed by atoms with Gasteiger partial charge in [-0.15, -0.1) is 0 Å². The summed E-state index contributed by atoms with van der Waals surface area (Å²) < 4.78 is 53.4. The number of benzene rings is 2. The fourth-order valence-electron chi connectivity index (χ4n) is 4.40. The molecule has 0 aliphatic heterocycles. The first kappa shape index (κ1) is 24.0. The van der Waals surface area contributed by atoms with Crippen molar-refractivity contribution in [1.29, 1.82) is 0 Å². The van der Waals surface area contributed by atoms with E-state index in [1.165, 1.54) is 0 Å². The lowest BCUT2D eigenvalue weighted by Crippen LogP contribution is -2.27. The van der Waals surface area contributed by atoms with Crippen molar-refractivity contribution in [3.05, 3.63) is 59.7 Å². The van der Waals surface area contributed by atoms with Crippen molar-refractivity contribution in [1.82, 2.24) is 0 Å². The maximum atomic E-state index is 13.4. The average Bonchev–Trinajstić information content (AvgIpc) is 2.79. The molecule has 2 atom stereocenters. The molecule has 0 bridgehead atoms. The quantitative estimate of drug-likeness (QED) is 0.575. The Morgan fingerprint density at radius 1 is 0.516 bits per heavy atom. The largest absolute Gasteiger partial charge is 0.223 e. The van der Waals surface area contributed by atoms with Gasteiger partial charge in [0, 0.05) is 0 Å². The minimum absolute atomic E-state index is 0.343. The third-order valence-corrected chi connectivity index (χ3v) is 11.0. The molecule has 2 aromatic carbocycles. The molecule has 31 heavy (non-hydrogen) atoms. The zero-order chi connectivity index (χ0) is 22.5. The molecule has 0 radical (unpaired) electrons. The van der Waals surface area contributed by atoms with Crippen LogP contribution in [0.5, 0.6) is 0 Å². The summed E-state index contributed by atoms with van der Waals surface area (Å²) in [5.74, 6) is 0. The molecule has 6 heteroatoms. The second kappa shape index (κ2) is 10.3. The Morgan fingerprint density at radius 2 is 0.839 bits per heavy atom. The summed E-state index contributed by atoms with van der Waals surface area (Å²) in [6.07, 6.45) is 6.69. The topological polar surface area (TPSA) is 68.3 Å². The van der Waals surface area contributed by atoms with E-state index in [4.69, 9.17) is 0 Å². The summed E-state index contributed by atoms with van der Waals surface area (Å²) in [5.41, 5.74) is 2.04. The Hall–Kier alpha value is -1.66. The molecule has 0 amide bonds. The molecule has 0 spiro atoms. The van der Waals surface area contributed by atoms with Crippen LogP contribution >= 0.6 is 0 Å². The van der Waals surface area contributed by atoms with Crippen molar-refractivity contribution in [3.63, 3.8) is 0 Å². The van der Waals surface area contributed by atoms with E-state index in [-0.39, 0.29) is 0 Å². The minimum Gasteiger partial charge on any atom is -0.223 e. The molecule has 4 nitrogen and oxygen atoms in total. The SMILES string of the molecule is Cc1ccc(S(=O)(=O)[C@@H]2CCCCCCC[C@H](S(=O)(=O)c3ccc(C)cc3)CC2)cc1.